The molecule has 2 atom stereocenters. The fourth-order valence-corrected chi connectivity index (χ4v) is 2.67. The molecule has 0 unspecified atom stereocenters. The number of nitrogens with one attached hydrogen (secondary N) is 1. The molecule has 1 aliphatic rings. The van der Waals surface area contributed by atoms with Crippen LogP contribution < -0.4 is 5.32 Å². The fraction of sp³-hybridized carbons (Fsp3) is 0.688. The van der Waals surface area contributed by atoms with Gasteiger partial charge in [0.15, 0.2) is 0 Å². The smallest absolute Gasteiger partial charge is 0.407 e. The summed E-state index contributed by atoms with van der Waals surface area (Å²) in [4.78, 5) is 14.2. The zero-order valence-corrected chi connectivity index (χ0v) is 13.4. The summed E-state index contributed by atoms with van der Waals surface area (Å²) in [5, 5.41) is 2.98. The van der Waals surface area contributed by atoms with Gasteiger partial charge in [-0.2, -0.15) is 0 Å². The normalized spacial score (nSPS) is 21.8. The van der Waals surface area contributed by atoms with E-state index in [9.17, 15) is 4.79 Å². The molecule has 21 heavy (non-hydrogen) atoms. The second-order valence-electron chi connectivity index (χ2n) is 6.71. The van der Waals surface area contributed by atoms with Crippen molar-refractivity contribution in [1.29, 1.82) is 0 Å². The SMILES string of the molecule is C[C@@H](c1ccoc1)N1CCC[C@@H](NC(=O)OC(C)(C)C)C1. The van der Waals surface area contributed by atoms with Gasteiger partial charge in [-0.25, -0.2) is 4.79 Å². The van der Waals surface area contributed by atoms with Crippen molar-refractivity contribution in [2.75, 3.05) is 13.1 Å². The van der Waals surface area contributed by atoms with Gasteiger partial charge in [-0.15, -0.1) is 0 Å². The monoisotopic (exact) mass is 294 g/mol. The lowest BCUT2D eigenvalue weighted by Gasteiger charge is -2.36. The minimum absolute atomic E-state index is 0.142. The zero-order chi connectivity index (χ0) is 15.5. The number of amides is 1. The topological polar surface area (TPSA) is 54.7 Å². The lowest BCUT2D eigenvalue weighted by molar-refractivity contribution is 0.0458. The maximum absolute atomic E-state index is 11.9. The highest BCUT2D eigenvalue weighted by molar-refractivity contribution is 5.68. The first kappa shape index (κ1) is 15.9. The lowest BCUT2D eigenvalue weighted by Crippen LogP contribution is -2.49. The molecular formula is C16H26N2O3. The molecule has 1 saturated heterocycles. The van der Waals surface area contributed by atoms with E-state index in [0.29, 0.717) is 6.04 Å². The number of nitrogens with zero attached hydrogens (tertiary/aromatic N) is 1. The summed E-state index contributed by atoms with van der Waals surface area (Å²) in [6.07, 6.45) is 5.23. The molecule has 0 aromatic carbocycles. The van der Waals surface area contributed by atoms with Gasteiger partial charge in [0.25, 0.3) is 0 Å². The Morgan fingerprint density at radius 3 is 2.90 bits per heavy atom. The Morgan fingerprint density at radius 1 is 1.52 bits per heavy atom. The van der Waals surface area contributed by atoms with Crippen molar-refractivity contribution >= 4 is 6.09 Å². The molecule has 1 aromatic rings. The Balaban J connectivity index is 1.87. The molecule has 1 amide bonds. The van der Waals surface area contributed by atoms with Crippen LogP contribution in [-0.4, -0.2) is 35.7 Å². The van der Waals surface area contributed by atoms with Crippen LogP contribution >= 0.6 is 0 Å². The number of carbonyl (C=O) groups is 1. The summed E-state index contributed by atoms with van der Waals surface area (Å²) in [7, 11) is 0. The maximum Gasteiger partial charge on any atom is 0.407 e. The Hall–Kier alpha value is -1.49. The molecule has 0 radical (unpaired) electrons. The zero-order valence-electron chi connectivity index (χ0n) is 13.4. The van der Waals surface area contributed by atoms with E-state index in [-0.39, 0.29) is 12.1 Å². The summed E-state index contributed by atoms with van der Waals surface area (Å²) in [6.45, 7) is 9.67. The summed E-state index contributed by atoms with van der Waals surface area (Å²) < 4.78 is 10.5. The van der Waals surface area contributed by atoms with Gasteiger partial charge in [0.2, 0.25) is 0 Å². The number of rotatable bonds is 3. The van der Waals surface area contributed by atoms with E-state index in [1.807, 2.05) is 26.8 Å². The Kier molecular flexibility index (Phi) is 4.93. The number of furan rings is 1. The predicted molar refractivity (Wildman–Crippen MR) is 81.1 cm³/mol. The van der Waals surface area contributed by atoms with Crippen LogP contribution in [0.25, 0.3) is 0 Å². The Bertz CT molecular complexity index is 451. The third-order valence-corrected chi connectivity index (χ3v) is 3.75. The third kappa shape index (κ3) is 4.77. The summed E-state index contributed by atoms with van der Waals surface area (Å²) in [6, 6.07) is 2.44. The van der Waals surface area contributed by atoms with E-state index in [2.05, 4.69) is 17.1 Å². The van der Waals surface area contributed by atoms with E-state index < -0.39 is 5.60 Å². The van der Waals surface area contributed by atoms with Crippen LogP contribution in [0.1, 0.15) is 52.1 Å². The van der Waals surface area contributed by atoms with Gasteiger partial charge < -0.3 is 14.5 Å². The molecule has 0 bridgehead atoms. The molecule has 1 fully saturated rings. The van der Waals surface area contributed by atoms with Gasteiger partial charge in [-0.05, 0) is 53.1 Å². The number of hydrogen-bond donors (Lipinski definition) is 1. The van der Waals surface area contributed by atoms with Gasteiger partial charge >= 0.3 is 6.09 Å². The van der Waals surface area contributed by atoms with E-state index >= 15 is 0 Å². The molecule has 1 N–H and O–H groups in total. The molecule has 0 aliphatic carbocycles. The third-order valence-electron chi connectivity index (χ3n) is 3.75. The van der Waals surface area contributed by atoms with E-state index in [0.717, 1.165) is 25.9 Å². The highest BCUT2D eigenvalue weighted by Crippen LogP contribution is 2.24. The minimum atomic E-state index is -0.456. The van der Waals surface area contributed by atoms with Crippen LogP contribution in [0.4, 0.5) is 4.79 Å². The van der Waals surface area contributed by atoms with E-state index in [4.69, 9.17) is 9.15 Å². The van der Waals surface area contributed by atoms with Crippen LogP contribution in [-0.2, 0) is 4.74 Å². The van der Waals surface area contributed by atoms with Gasteiger partial charge in [0.05, 0.1) is 12.5 Å². The maximum atomic E-state index is 11.9. The average Bonchev–Trinajstić information content (AvgIpc) is 2.89. The average molecular weight is 294 g/mol. The van der Waals surface area contributed by atoms with Crippen LogP contribution in [0.2, 0.25) is 0 Å². The van der Waals surface area contributed by atoms with Crippen molar-refractivity contribution in [2.45, 2.75) is 58.2 Å². The largest absolute Gasteiger partial charge is 0.472 e. The van der Waals surface area contributed by atoms with Crippen LogP contribution in [0.3, 0.4) is 0 Å². The fourth-order valence-electron chi connectivity index (χ4n) is 2.67. The number of hydrogen-bond acceptors (Lipinski definition) is 4. The van der Waals surface area contributed by atoms with Gasteiger partial charge in [-0.3, -0.25) is 4.90 Å². The lowest BCUT2D eigenvalue weighted by atomic mass is 10.0. The molecule has 1 aromatic heterocycles. The molecule has 5 nitrogen and oxygen atoms in total. The first-order valence-corrected chi connectivity index (χ1v) is 7.61. The van der Waals surface area contributed by atoms with Crippen LogP contribution in [0.15, 0.2) is 23.0 Å². The predicted octanol–water partition coefficient (Wildman–Crippen LogP) is 3.33. The number of alkyl carbamates (subject to hydrolysis) is 1. The first-order valence-electron chi connectivity index (χ1n) is 7.61. The second kappa shape index (κ2) is 6.52. The van der Waals surface area contributed by atoms with Gasteiger partial charge in [0.1, 0.15) is 5.60 Å². The molecule has 0 spiro atoms. The first-order chi connectivity index (χ1) is 9.85. The standard InChI is InChI=1S/C16H26N2O3/c1-12(13-7-9-20-11-13)18-8-5-6-14(10-18)17-15(19)21-16(2,3)4/h7,9,11-12,14H,5-6,8,10H2,1-4H3,(H,17,19)/t12-,14+/m0/s1. The number of carbonyl (C=O) groups excluding carboxylic acids is 1. The van der Waals surface area contributed by atoms with Gasteiger partial charge in [0, 0.05) is 24.2 Å². The highest BCUT2D eigenvalue weighted by Gasteiger charge is 2.27. The molecule has 0 saturated carbocycles. The second-order valence-corrected chi connectivity index (χ2v) is 6.71. The number of piperidine rings is 1. The van der Waals surface area contributed by atoms with E-state index in [1.165, 1.54) is 5.56 Å². The van der Waals surface area contributed by atoms with Crippen molar-refractivity contribution < 1.29 is 13.9 Å². The molecule has 118 valence electrons. The molecular weight excluding hydrogens is 268 g/mol. The van der Waals surface area contributed by atoms with Crippen molar-refractivity contribution in [3.8, 4) is 0 Å². The van der Waals surface area contributed by atoms with Crippen molar-refractivity contribution in [3.63, 3.8) is 0 Å². The molecule has 1 aliphatic heterocycles. The Labute approximate surface area is 126 Å². The highest BCUT2D eigenvalue weighted by atomic mass is 16.6. The summed E-state index contributed by atoms with van der Waals surface area (Å²) >= 11 is 0. The van der Waals surface area contributed by atoms with Gasteiger partial charge in [-0.1, -0.05) is 0 Å². The number of ether oxygens (including phenoxy) is 1. The summed E-state index contributed by atoms with van der Waals surface area (Å²) in [5.41, 5.74) is 0.718. The number of likely N-dealkylation sites (tertiary alicyclic amines) is 1. The Morgan fingerprint density at radius 2 is 2.29 bits per heavy atom. The van der Waals surface area contributed by atoms with Crippen molar-refractivity contribution in [1.82, 2.24) is 10.2 Å². The summed E-state index contributed by atoms with van der Waals surface area (Å²) in [5.74, 6) is 0. The molecule has 5 heteroatoms. The molecule has 2 heterocycles. The van der Waals surface area contributed by atoms with Crippen molar-refractivity contribution in [2.24, 2.45) is 0 Å². The van der Waals surface area contributed by atoms with Crippen LogP contribution in [0, 0.1) is 0 Å². The van der Waals surface area contributed by atoms with Crippen molar-refractivity contribution in [3.05, 3.63) is 24.2 Å². The van der Waals surface area contributed by atoms with E-state index in [1.54, 1.807) is 12.5 Å². The quantitative estimate of drug-likeness (QED) is 0.929. The minimum Gasteiger partial charge on any atom is -0.472 e. The molecule has 2 rings (SSSR count). The van der Waals surface area contributed by atoms with Crippen LogP contribution in [0.5, 0.6) is 0 Å².